The van der Waals surface area contributed by atoms with E-state index in [4.69, 9.17) is 0 Å². The summed E-state index contributed by atoms with van der Waals surface area (Å²) in [7, 11) is -3.80. The molecule has 0 bridgehead atoms. The molecule has 0 saturated heterocycles. The van der Waals surface area contributed by atoms with E-state index >= 15 is 0 Å². The van der Waals surface area contributed by atoms with Crippen molar-refractivity contribution in [3.8, 4) is 0 Å². The Morgan fingerprint density at radius 1 is 0.893 bits per heavy atom. The van der Waals surface area contributed by atoms with Crippen molar-refractivity contribution in [3.63, 3.8) is 0 Å². The number of nitrogens with one attached hydrogen (secondary N) is 3. The SMILES string of the molecule is Cc1cccc(C(=O)NNC(=O)c2ccccc2NS(=O)(=O)c2cccs2)c1. The molecule has 0 saturated carbocycles. The number of carbonyl (C=O) groups is 2. The van der Waals surface area contributed by atoms with Gasteiger partial charge in [-0.15, -0.1) is 11.3 Å². The van der Waals surface area contributed by atoms with Crippen molar-refractivity contribution in [2.75, 3.05) is 4.72 Å². The summed E-state index contributed by atoms with van der Waals surface area (Å²) in [6, 6.07) is 16.1. The Kier molecular flexibility index (Phi) is 5.76. The zero-order valence-electron chi connectivity index (χ0n) is 14.8. The molecule has 7 nitrogen and oxygen atoms in total. The molecular weight excluding hydrogens is 398 g/mol. The second kappa shape index (κ2) is 8.24. The van der Waals surface area contributed by atoms with E-state index in [1.165, 1.54) is 18.2 Å². The van der Waals surface area contributed by atoms with Crippen LogP contribution in [0.5, 0.6) is 0 Å². The lowest BCUT2D eigenvalue weighted by Gasteiger charge is -2.12. The maximum absolute atomic E-state index is 12.5. The van der Waals surface area contributed by atoms with Gasteiger partial charge in [0, 0.05) is 5.56 Å². The van der Waals surface area contributed by atoms with Crippen molar-refractivity contribution >= 4 is 38.9 Å². The summed E-state index contributed by atoms with van der Waals surface area (Å²) in [5, 5.41) is 1.65. The number of hydrogen-bond donors (Lipinski definition) is 3. The number of benzene rings is 2. The normalized spacial score (nSPS) is 10.9. The number of aryl methyl sites for hydroxylation is 1. The third-order valence-corrected chi connectivity index (χ3v) is 6.51. The van der Waals surface area contributed by atoms with Crippen LogP contribution in [0.1, 0.15) is 26.3 Å². The van der Waals surface area contributed by atoms with Gasteiger partial charge in [-0.2, -0.15) is 0 Å². The maximum atomic E-state index is 12.5. The van der Waals surface area contributed by atoms with Crippen LogP contribution in [0, 0.1) is 6.92 Å². The van der Waals surface area contributed by atoms with Crippen molar-refractivity contribution in [3.05, 3.63) is 82.7 Å². The quantitative estimate of drug-likeness (QED) is 0.557. The molecule has 3 N–H and O–H groups in total. The van der Waals surface area contributed by atoms with E-state index in [1.54, 1.807) is 41.8 Å². The summed E-state index contributed by atoms with van der Waals surface area (Å²) < 4.78 is 27.4. The Balaban J connectivity index is 1.73. The van der Waals surface area contributed by atoms with E-state index in [0.29, 0.717) is 5.56 Å². The molecule has 9 heteroatoms. The molecule has 0 radical (unpaired) electrons. The van der Waals surface area contributed by atoms with Crippen LogP contribution in [0.15, 0.2) is 70.3 Å². The number of anilines is 1. The number of hydrazine groups is 1. The molecule has 2 aromatic carbocycles. The Morgan fingerprint density at radius 3 is 2.36 bits per heavy atom. The Bertz CT molecular complexity index is 1110. The number of thiophene rings is 1. The van der Waals surface area contributed by atoms with Crippen LogP contribution in [-0.4, -0.2) is 20.2 Å². The van der Waals surface area contributed by atoms with Gasteiger partial charge in [0.05, 0.1) is 11.3 Å². The van der Waals surface area contributed by atoms with Crippen molar-refractivity contribution in [2.24, 2.45) is 0 Å². The number of hydrogen-bond acceptors (Lipinski definition) is 5. The van der Waals surface area contributed by atoms with Gasteiger partial charge in [-0.25, -0.2) is 8.42 Å². The van der Waals surface area contributed by atoms with Gasteiger partial charge in [0.25, 0.3) is 21.8 Å². The van der Waals surface area contributed by atoms with Gasteiger partial charge in [0.1, 0.15) is 4.21 Å². The number of amides is 2. The van der Waals surface area contributed by atoms with E-state index < -0.39 is 21.8 Å². The molecule has 3 aromatic rings. The van der Waals surface area contributed by atoms with Gasteiger partial charge >= 0.3 is 0 Å². The predicted octanol–water partition coefficient (Wildman–Crippen LogP) is 2.93. The number of para-hydroxylation sites is 1. The van der Waals surface area contributed by atoms with Crippen molar-refractivity contribution in [2.45, 2.75) is 11.1 Å². The van der Waals surface area contributed by atoms with Crippen LogP contribution in [0.25, 0.3) is 0 Å². The minimum absolute atomic E-state index is 0.0761. The molecule has 1 heterocycles. The third kappa shape index (κ3) is 4.56. The lowest BCUT2D eigenvalue weighted by Crippen LogP contribution is -2.41. The smallest absolute Gasteiger partial charge is 0.271 e. The highest BCUT2D eigenvalue weighted by molar-refractivity contribution is 7.94. The van der Waals surface area contributed by atoms with Crippen molar-refractivity contribution < 1.29 is 18.0 Å². The predicted molar refractivity (Wildman–Crippen MR) is 108 cm³/mol. The summed E-state index contributed by atoms with van der Waals surface area (Å²) in [6.07, 6.45) is 0. The van der Waals surface area contributed by atoms with Gasteiger partial charge in [-0.1, -0.05) is 35.9 Å². The second-order valence-electron chi connectivity index (χ2n) is 5.86. The van der Waals surface area contributed by atoms with Crippen LogP contribution in [0.4, 0.5) is 5.69 Å². The number of carbonyl (C=O) groups excluding carboxylic acids is 2. The van der Waals surface area contributed by atoms with Gasteiger partial charge in [-0.05, 0) is 42.6 Å². The molecule has 0 aliphatic rings. The van der Waals surface area contributed by atoms with Crippen LogP contribution >= 0.6 is 11.3 Å². The highest BCUT2D eigenvalue weighted by atomic mass is 32.2. The van der Waals surface area contributed by atoms with Gasteiger partial charge < -0.3 is 0 Å². The monoisotopic (exact) mass is 415 g/mol. The van der Waals surface area contributed by atoms with Gasteiger partial charge in [-0.3, -0.25) is 25.2 Å². The number of sulfonamides is 1. The molecule has 0 unspecified atom stereocenters. The van der Waals surface area contributed by atoms with E-state index in [0.717, 1.165) is 16.9 Å². The Morgan fingerprint density at radius 2 is 1.64 bits per heavy atom. The zero-order valence-corrected chi connectivity index (χ0v) is 16.4. The fraction of sp³-hybridized carbons (Fsp3) is 0.0526. The first-order chi connectivity index (χ1) is 13.4. The lowest BCUT2D eigenvalue weighted by molar-refractivity contribution is 0.0847. The third-order valence-electron chi connectivity index (χ3n) is 3.75. The van der Waals surface area contributed by atoms with Crippen molar-refractivity contribution in [1.82, 2.24) is 10.9 Å². The molecule has 28 heavy (non-hydrogen) atoms. The first kappa shape index (κ1) is 19.6. The molecule has 0 atom stereocenters. The van der Waals surface area contributed by atoms with Crippen LogP contribution in [-0.2, 0) is 10.0 Å². The lowest BCUT2D eigenvalue weighted by atomic mass is 10.1. The van der Waals surface area contributed by atoms with E-state index in [-0.39, 0.29) is 15.5 Å². The molecule has 144 valence electrons. The average molecular weight is 415 g/mol. The summed E-state index contributed by atoms with van der Waals surface area (Å²) >= 11 is 1.07. The standard InChI is InChI=1S/C19H17N3O4S2/c1-13-6-4-7-14(12-13)18(23)20-21-19(24)15-8-2-3-9-16(15)22-28(25,26)17-10-5-11-27-17/h2-12,22H,1H3,(H,20,23)(H,21,24). The average Bonchev–Trinajstić information content (AvgIpc) is 3.22. The zero-order chi connectivity index (χ0) is 20.1. The van der Waals surface area contributed by atoms with E-state index in [1.807, 2.05) is 13.0 Å². The summed E-state index contributed by atoms with van der Waals surface area (Å²) in [6.45, 7) is 1.85. The first-order valence-corrected chi connectivity index (χ1v) is 10.6. The van der Waals surface area contributed by atoms with Gasteiger partial charge in [0.2, 0.25) is 0 Å². The minimum Gasteiger partial charge on any atom is -0.278 e. The van der Waals surface area contributed by atoms with Crippen LogP contribution in [0.2, 0.25) is 0 Å². The minimum atomic E-state index is -3.80. The number of rotatable bonds is 5. The summed E-state index contributed by atoms with van der Waals surface area (Å²) in [5.74, 6) is -1.13. The topological polar surface area (TPSA) is 104 Å². The molecule has 0 aliphatic heterocycles. The Labute approximate surface area is 166 Å². The van der Waals surface area contributed by atoms with Crippen molar-refractivity contribution in [1.29, 1.82) is 0 Å². The fourth-order valence-corrected chi connectivity index (χ4v) is 4.49. The Hall–Kier alpha value is -3.17. The molecule has 1 aromatic heterocycles. The summed E-state index contributed by atoms with van der Waals surface area (Å²) in [5.41, 5.74) is 6.13. The maximum Gasteiger partial charge on any atom is 0.271 e. The first-order valence-electron chi connectivity index (χ1n) is 8.19. The summed E-state index contributed by atoms with van der Waals surface area (Å²) in [4.78, 5) is 24.6. The fourth-order valence-electron chi connectivity index (χ4n) is 2.42. The molecule has 0 fully saturated rings. The van der Waals surface area contributed by atoms with E-state index in [2.05, 4.69) is 15.6 Å². The molecule has 0 aliphatic carbocycles. The molecule has 2 amide bonds. The van der Waals surface area contributed by atoms with E-state index in [9.17, 15) is 18.0 Å². The highest BCUT2D eigenvalue weighted by Crippen LogP contribution is 2.22. The molecule has 0 spiro atoms. The molecular formula is C19H17N3O4S2. The highest BCUT2D eigenvalue weighted by Gasteiger charge is 2.19. The van der Waals surface area contributed by atoms with Crippen LogP contribution in [0.3, 0.4) is 0 Å². The molecule has 3 rings (SSSR count). The van der Waals surface area contributed by atoms with Crippen LogP contribution < -0.4 is 15.6 Å². The largest absolute Gasteiger partial charge is 0.278 e. The van der Waals surface area contributed by atoms with Gasteiger partial charge in [0.15, 0.2) is 0 Å². The second-order valence-corrected chi connectivity index (χ2v) is 8.72.